The van der Waals surface area contributed by atoms with E-state index in [1.54, 1.807) is 0 Å². The summed E-state index contributed by atoms with van der Waals surface area (Å²) in [6, 6.07) is 2.10. The summed E-state index contributed by atoms with van der Waals surface area (Å²) in [6.45, 7) is 1.85. The highest BCUT2D eigenvalue weighted by Crippen LogP contribution is 2.06. The molecule has 1 heterocycles. The number of carbonyl (C=O) groups is 2. The smallest absolute Gasteiger partial charge is 0.326 e. The van der Waals surface area contributed by atoms with Gasteiger partial charge in [0.05, 0.1) is 5.56 Å². The van der Waals surface area contributed by atoms with Gasteiger partial charge in [-0.25, -0.2) is 9.78 Å². The number of carbonyl (C=O) groups excluding carboxylic acids is 1. The molecule has 6 heteroatoms. The lowest BCUT2D eigenvalue weighted by atomic mass is 10.1. The Balaban J connectivity index is 2.70. The van der Waals surface area contributed by atoms with Crippen LogP contribution in [0.4, 0.5) is 0 Å². The molecule has 1 amide bonds. The second kappa shape index (κ2) is 6.20. The summed E-state index contributed by atoms with van der Waals surface area (Å²) in [6.07, 6.45) is 2.38. The first kappa shape index (κ1) is 13.4. The number of aromatic nitrogens is 1. The minimum atomic E-state index is -1.04. The third-order valence-corrected chi connectivity index (χ3v) is 2.39. The van der Waals surface area contributed by atoms with E-state index in [1.807, 2.05) is 6.92 Å². The first-order valence-corrected chi connectivity index (χ1v) is 5.57. The minimum absolute atomic E-state index is 0.282. The predicted octanol–water partition coefficient (Wildman–Crippen LogP) is 1.72. The van der Waals surface area contributed by atoms with Crippen LogP contribution in [0.2, 0.25) is 5.15 Å². The molecule has 1 aromatic rings. The predicted molar refractivity (Wildman–Crippen MR) is 63.0 cm³/mol. The molecule has 17 heavy (non-hydrogen) atoms. The van der Waals surface area contributed by atoms with Crippen LogP contribution in [-0.2, 0) is 4.79 Å². The van der Waals surface area contributed by atoms with Gasteiger partial charge in [-0.2, -0.15) is 0 Å². The SMILES string of the molecule is CCC[C@H](NC(=O)c1ccc(Cl)nc1)C(=O)O. The van der Waals surface area contributed by atoms with E-state index in [1.165, 1.54) is 18.3 Å². The average Bonchev–Trinajstić information content (AvgIpc) is 2.29. The number of nitrogens with zero attached hydrogens (tertiary/aromatic N) is 1. The highest BCUT2D eigenvalue weighted by Gasteiger charge is 2.19. The van der Waals surface area contributed by atoms with E-state index >= 15 is 0 Å². The largest absolute Gasteiger partial charge is 0.480 e. The van der Waals surface area contributed by atoms with Gasteiger partial charge < -0.3 is 10.4 Å². The van der Waals surface area contributed by atoms with Crippen LogP contribution in [0.15, 0.2) is 18.3 Å². The monoisotopic (exact) mass is 256 g/mol. The van der Waals surface area contributed by atoms with Gasteiger partial charge in [-0.1, -0.05) is 24.9 Å². The van der Waals surface area contributed by atoms with E-state index in [-0.39, 0.29) is 10.7 Å². The summed E-state index contributed by atoms with van der Waals surface area (Å²) in [5.74, 6) is -1.50. The van der Waals surface area contributed by atoms with Gasteiger partial charge in [0.2, 0.25) is 0 Å². The van der Waals surface area contributed by atoms with E-state index in [4.69, 9.17) is 16.7 Å². The van der Waals surface area contributed by atoms with Gasteiger partial charge in [0, 0.05) is 6.20 Å². The van der Waals surface area contributed by atoms with Gasteiger partial charge in [-0.05, 0) is 18.6 Å². The summed E-state index contributed by atoms with van der Waals surface area (Å²) in [5, 5.41) is 11.6. The number of carboxylic acids is 1. The zero-order valence-corrected chi connectivity index (χ0v) is 10.1. The van der Waals surface area contributed by atoms with Crippen molar-refractivity contribution in [2.75, 3.05) is 0 Å². The van der Waals surface area contributed by atoms with E-state index in [2.05, 4.69) is 10.3 Å². The molecule has 0 radical (unpaired) electrons. The van der Waals surface area contributed by atoms with E-state index in [0.717, 1.165) is 0 Å². The lowest BCUT2D eigenvalue weighted by Crippen LogP contribution is -2.40. The number of carboxylic acid groups (broad SMARTS) is 1. The lowest BCUT2D eigenvalue weighted by Gasteiger charge is -2.13. The second-order valence-corrected chi connectivity index (χ2v) is 3.91. The summed E-state index contributed by atoms with van der Waals surface area (Å²) in [4.78, 5) is 26.3. The first-order valence-electron chi connectivity index (χ1n) is 5.19. The molecule has 0 aromatic carbocycles. The van der Waals surface area contributed by atoms with Crippen molar-refractivity contribution in [1.29, 1.82) is 0 Å². The summed E-state index contributed by atoms with van der Waals surface area (Å²) >= 11 is 5.59. The molecule has 0 bridgehead atoms. The average molecular weight is 257 g/mol. The van der Waals surface area contributed by atoms with Gasteiger partial charge in [-0.15, -0.1) is 0 Å². The molecule has 0 saturated carbocycles. The fourth-order valence-corrected chi connectivity index (χ4v) is 1.41. The van der Waals surface area contributed by atoms with Crippen LogP contribution in [0, 0.1) is 0 Å². The molecule has 0 aliphatic carbocycles. The van der Waals surface area contributed by atoms with Crippen molar-refractivity contribution >= 4 is 23.5 Å². The van der Waals surface area contributed by atoms with Crippen LogP contribution in [0.25, 0.3) is 0 Å². The van der Waals surface area contributed by atoms with Gasteiger partial charge >= 0.3 is 5.97 Å². The first-order chi connectivity index (χ1) is 8.04. The Hall–Kier alpha value is -1.62. The number of rotatable bonds is 5. The molecule has 0 aliphatic rings. The van der Waals surface area contributed by atoms with E-state index in [0.29, 0.717) is 12.8 Å². The molecule has 0 saturated heterocycles. The molecule has 1 rings (SSSR count). The van der Waals surface area contributed by atoms with Crippen LogP contribution in [0.5, 0.6) is 0 Å². The van der Waals surface area contributed by atoms with Crippen molar-refractivity contribution in [3.63, 3.8) is 0 Å². The number of amides is 1. The van der Waals surface area contributed by atoms with Crippen molar-refractivity contribution in [3.05, 3.63) is 29.0 Å². The van der Waals surface area contributed by atoms with Crippen molar-refractivity contribution in [1.82, 2.24) is 10.3 Å². The highest BCUT2D eigenvalue weighted by atomic mass is 35.5. The maximum Gasteiger partial charge on any atom is 0.326 e. The molecule has 1 atom stereocenters. The maximum absolute atomic E-state index is 11.7. The Kier molecular flexibility index (Phi) is 4.90. The second-order valence-electron chi connectivity index (χ2n) is 3.52. The van der Waals surface area contributed by atoms with Crippen molar-refractivity contribution in [3.8, 4) is 0 Å². The zero-order valence-electron chi connectivity index (χ0n) is 9.31. The number of nitrogens with one attached hydrogen (secondary N) is 1. The van der Waals surface area contributed by atoms with Gasteiger partial charge in [0.15, 0.2) is 0 Å². The van der Waals surface area contributed by atoms with Crippen LogP contribution in [0.1, 0.15) is 30.1 Å². The molecular formula is C11H13ClN2O3. The standard InChI is InChI=1S/C11H13ClN2O3/c1-2-3-8(11(16)17)14-10(15)7-4-5-9(12)13-6-7/h4-6,8H,2-3H2,1H3,(H,14,15)(H,16,17)/t8-/m0/s1. The van der Waals surface area contributed by atoms with Crippen LogP contribution < -0.4 is 5.32 Å². The fourth-order valence-electron chi connectivity index (χ4n) is 1.30. The molecular weight excluding hydrogens is 244 g/mol. The molecule has 0 fully saturated rings. The fraction of sp³-hybridized carbons (Fsp3) is 0.364. The topological polar surface area (TPSA) is 79.3 Å². The molecule has 0 unspecified atom stereocenters. The Morgan fingerprint density at radius 2 is 2.24 bits per heavy atom. The lowest BCUT2D eigenvalue weighted by molar-refractivity contribution is -0.139. The number of halogens is 1. The molecule has 92 valence electrons. The molecule has 0 aliphatic heterocycles. The summed E-state index contributed by atoms with van der Waals surface area (Å²) < 4.78 is 0. The molecule has 0 spiro atoms. The summed E-state index contributed by atoms with van der Waals surface area (Å²) in [7, 11) is 0. The third-order valence-electron chi connectivity index (χ3n) is 2.17. The van der Waals surface area contributed by atoms with Crippen LogP contribution >= 0.6 is 11.6 Å². The Bertz CT molecular complexity index is 406. The Morgan fingerprint density at radius 3 is 2.71 bits per heavy atom. The van der Waals surface area contributed by atoms with E-state index < -0.39 is 17.9 Å². The molecule has 1 aromatic heterocycles. The van der Waals surface area contributed by atoms with E-state index in [9.17, 15) is 9.59 Å². The number of hydrogen-bond donors (Lipinski definition) is 2. The zero-order chi connectivity index (χ0) is 12.8. The Labute approximate surface area is 104 Å². The van der Waals surface area contributed by atoms with Crippen LogP contribution in [-0.4, -0.2) is 28.0 Å². The van der Waals surface area contributed by atoms with Crippen molar-refractivity contribution < 1.29 is 14.7 Å². The number of pyridine rings is 1. The molecule has 2 N–H and O–H groups in total. The molecule has 5 nitrogen and oxygen atoms in total. The van der Waals surface area contributed by atoms with Crippen molar-refractivity contribution in [2.24, 2.45) is 0 Å². The minimum Gasteiger partial charge on any atom is -0.480 e. The van der Waals surface area contributed by atoms with Gasteiger partial charge in [-0.3, -0.25) is 4.79 Å². The quantitative estimate of drug-likeness (QED) is 0.786. The summed E-state index contributed by atoms with van der Waals surface area (Å²) in [5.41, 5.74) is 0.289. The Morgan fingerprint density at radius 1 is 1.53 bits per heavy atom. The highest BCUT2D eigenvalue weighted by molar-refractivity contribution is 6.29. The number of aliphatic carboxylic acids is 1. The maximum atomic E-state index is 11.7. The third kappa shape index (κ3) is 4.03. The van der Waals surface area contributed by atoms with Crippen LogP contribution in [0.3, 0.4) is 0 Å². The number of hydrogen-bond acceptors (Lipinski definition) is 3. The van der Waals surface area contributed by atoms with Crippen molar-refractivity contribution in [2.45, 2.75) is 25.8 Å². The van der Waals surface area contributed by atoms with Gasteiger partial charge in [0.1, 0.15) is 11.2 Å². The normalized spacial score (nSPS) is 11.9. The van der Waals surface area contributed by atoms with Gasteiger partial charge in [0.25, 0.3) is 5.91 Å².